The van der Waals surface area contributed by atoms with Crippen LogP contribution in [0.15, 0.2) is 108 Å². The number of aromatic nitrogens is 5. The Morgan fingerprint density at radius 1 is 0.755 bits per heavy atom. The van der Waals surface area contributed by atoms with E-state index in [2.05, 4.69) is 73.8 Å². The Bertz CT molecular complexity index is 2200. The van der Waals surface area contributed by atoms with E-state index in [9.17, 15) is 14.4 Å². The molecule has 3 amide bonds. The zero-order valence-corrected chi connectivity index (χ0v) is 29.1. The summed E-state index contributed by atoms with van der Waals surface area (Å²) in [7, 11) is 1.28. The first kappa shape index (κ1) is 33.6. The Morgan fingerprint density at radius 3 is 1.85 bits per heavy atom. The van der Waals surface area contributed by atoms with Crippen molar-refractivity contribution in [3.63, 3.8) is 0 Å². The van der Waals surface area contributed by atoms with Gasteiger partial charge in [0.2, 0.25) is 5.76 Å². The normalized spacial score (nSPS) is 17.5. The summed E-state index contributed by atoms with van der Waals surface area (Å²) in [5.41, 5.74) is 6.52. The van der Waals surface area contributed by atoms with Crippen LogP contribution < -0.4 is 5.32 Å². The number of methoxy groups -OCH3 is 1. The highest BCUT2D eigenvalue weighted by atomic mass is 16.5. The summed E-state index contributed by atoms with van der Waals surface area (Å²) in [5.74, 6) is 1.31. The molecule has 3 N–H and O–H groups in total. The van der Waals surface area contributed by atoms with Gasteiger partial charge in [0, 0.05) is 13.1 Å². The lowest BCUT2D eigenvalue weighted by molar-refractivity contribution is -0.134. The summed E-state index contributed by atoms with van der Waals surface area (Å²) in [6.07, 6.45) is 8.96. The smallest absolute Gasteiger partial charge is 0.407 e. The van der Waals surface area contributed by atoms with Crippen molar-refractivity contribution in [3.8, 4) is 33.6 Å². The zero-order valence-electron chi connectivity index (χ0n) is 29.1. The second-order valence-electron chi connectivity index (χ2n) is 13.2. The van der Waals surface area contributed by atoms with E-state index in [4.69, 9.17) is 14.1 Å². The van der Waals surface area contributed by atoms with Crippen LogP contribution in [-0.4, -0.2) is 72.8 Å². The summed E-state index contributed by atoms with van der Waals surface area (Å²) in [6, 6.07) is 24.5. The van der Waals surface area contributed by atoms with Gasteiger partial charge in [-0.2, -0.15) is 0 Å². The molecule has 268 valence electrons. The minimum atomic E-state index is -0.872. The van der Waals surface area contributed by atoms with Crippen LogP contribution in [0.2, 0.25) is 0 Å². The number of rotatable bonds is 9. The Kier molecular flexibility index (Phi) is 9.28. The van der Waals surface area contributed by atoms with Gasteiger partial charge >= 0.3 is 6.09 Å². The topological polar surface area (TPSA) is 162 Å². The molecule has 13 heteroatoms. The van der Waals surface area contributed by atoms with Crippen molar-refractivity contribution in [2.75, 3.05) is 20.2 Å². The highest BCUT2D eigenvalue weighted by Crippen LogP contribution is 2.36. The lowest BCUT2D eigenvalue weighted by Crippen LogP contribution is -2.42. The van der Waals surface area contributed by atoms with Gasteiger partial charge in [0.05, 0.1) is 49.2 Å². The molecule has 3 aromatic heterocycles. The summed E-state index contributed by atoms with van der Waals surface area (Å²) in [6.45, 7) is 1.20. The van der Waals surface area contributed by atoms with Gasteiger partial charge in [-0.3, -0.25) is 9.59 Å². The molecule has 3 atom stereocenters. The molecule has 2 aliphatic heterocycles. The van der Waals surface area contributed by atoms with E-state index < -0.39 is 12.1 Å². The molecule has 2 aliphatic rings. The van der Waals surface area contributed by atoms with Gasteiger partial charge in [-0.1, -0.05) is 78.9 Å². The molecule has 6 aromatic rings. The molecule has 2 fully saturated rings. The van der Waals surface area contributed by atoms with E-state index in [1.807, 2.05) is 36.5 Å². The number of nitrogens with one attached hydrogen (secondary N) is 3. The molecule has 0 saturated carbocycles. The van der Waals surface area contributed by atoms with E-state index in [1.54, 1.807) is 16.0 Å². The monoisotopic (exact) mass is 710 g/mol. The summed E-state index contributed by atoms with van der Waals surface area (Å²) in [4.78, 5) is 62.6. The van der Waals surface area contributed by atoms with Crippen LogP contribution in [0, 0.1) is 0 Å². The van der Waals surface area contributed by atoms with Crippen molar-refractivity contribution in [1.82, 2.24) is 40.0 Å². The first-order valence-electron chi connectivity index (χ1n) is 17.7. The average molecular weight is 711 g/mol. The number of likely N-dealkylation sites (tertiary alicyclic amines) is 2. The SMILES string of the molecule is COC(=O)N[C@@H](C(=O)N1CCC[C@H]1c1ncc(-c2ccc(-c3ccc(-c4cnc([C@@H]5CCCN5C(=O)c5cnco5)[nH]4)cc3)cc2)[nH]1)c1ccccc1. The van der Waals surface area contributed by atoms with Crippen LogP contribution in [0.4, 0.5) is 4.79 Å². The minimum absolute atomic E-state index is 0.146. The maximum atomic E-state index is 13.8. The van der Waals surface area contributed by atoms with Gasteiger partial charge in [-0.15, -0.1) is 0 Å². The number of alkyl carbamates (subject to hydrolysis) is 1. The van der Waals surface area contributed by atoms with Crippen molar-refractivity contribution >= 4 is 17.9 Å². The Labute approximate surface area is 305 Å². The molecule has 0 aliphatic carbocycles. The molecule has 13 nitrogen and oxygen atoms in total. The van der Waals surface area contributed by atoms with Gasteiger partial charge < -0.3 is 34.2 Å². The Morgan fingerprint density at radius 2 is 1.30 bits per heavy atom. The number of nitrogens with zero attached hydrogens (tertiary/aromatic N) is 5. The number of benzene rings is 3. The Hall–Kier alpha value is -6.50. The van der Waals surface area contributed by atoms with E-state index in [0.29, 0.717) is 24.5 Å². The number of imidazole rings is 2. The number of ether oxygens (including phenoxy) is 1. The van der Waals surface area contributed by atoms with Crippen LogP contribution in [-0.2, 0) is 9.53 Å². The van der Waals surface area contributed by atoms with Gasteiger partial charge in [0.15, 0.2) is 6.39 Å². The third-order valence-corrected chi connectivity index (χ3v) is 10.1. The van der Waals surface area contributed by atoms with Crippen molar-refractivity contribution < 1.29 is 23.5 Å². The number of carbonyl (C=O) groups is 3. The van der Waals surface area contributed by atoms with Crippen LogP contribution in [0.25, 0.3) is 33.6 Å². The molecule has 8 rings (SSSR count). The average Bonchev–Trinajstić information content (AvgIpc) is 4.06. The molecular weight excluding hydrogens is 672 g/mol. The highest BCUT2D eigenvalue weighted by molar-refractivity contribution is 5.91. The second-order valence-corrected chi connectivity index (χ2v) is 13.2. The van der Waals surface area contributed by atoms with Gasteiger partial charge in [-0.05, 0) is 53.5 Å². The molecule has 0 unspecified atom stereocenters. The van der Waals surface area contributed by atoms with Crippen molar-refractivity contribution in [1.29, 1.82) is 0 Å². The van der Waals surface area contributed by atoms with E-state index >= 15 is 0 Å². The fourth-order valence-corrected chi connectivity index (χ4v) is 7.34. The molecule has 2 saturated heterocycles. The zero-order chi connectivity index (χ0) is 36.3. The van der Waals surface area contributed by atoms with Gasteiger partial charge in [-0.25, -0.2) is 19.7 Å². The van der Waals surface area contributed by atoms with Crippen molar-refractivity contribution in [3.05, 3.63) is 127 Å². The molecule has 0 spiro atoms. The first-order chi connectivity index (χ1) is 26.0. The number of hydrogen-bond acceptors (Lipinski definition) is 8. The molecule has 53 heavy (non-hydrogen) atoms. The van der Waals surface area contributed by atoms with Crippen LogP contribution in [0.3, 0.4) is 0 Å². The number of H-pyrrole nitrogens is 2. The van der Waals surface area contributed by atoms with Crippen LogP contribution >= 0.6 is 0 Å². The summed E-state index contributed by atoms with van der Waals surface area (Å²) in [5, 5.41) is 2.71. The lowest BCUT2D eigenvalue weighted by atomic mass is 10.0. The molecule has 5 heterocycles. The number of carbonyl (C=O) groups excluding carboxylic acids is 3. The summed E-state index contributed by atoms with van der Waals surface area (Å²) < 4.78 is 10.1. The Balaban J connectivity index is 0.935. The van der Waals surface area contributed by atoms with Crippen molar-refractivity contribution in [2.45, 2.75) is 43.8 Å². The predicted octanol–water partition coefficient (Wildman–Crippen LogP) is 6.86. The minimum Gasteiger partial charge on any atom is -0.453 e. The highest BCUT2D eigenvalue weighted by Gasteiger charge is 2.37. The predicted molar refractivity (Wildman–Crippen MR) is 195 cm³/mol. The maximum absolute atomic E-state index is 13.8. The summed E-state index contributed by atoms with van der Waals surface area (Å²) >= 11 is 0. The molecule has 3 aromatic carbocycles. The van der Waals surface area contributed by atoms with Crippen LogP contribution in [0.1, 0.15) is 71.6 Å². The number of amides is 3. The fourth-order valence-electron chi connectivity index (χ4n) is 7.34. The number of hydrogen-bond donors (Lipinski definition) is 3. The maximum Gasteiger partial charge on any atom is 0.407 e. The van der Waals surface area contributed by atoms with E-state index in [-0.39, 0.29) is 29.7 Å². The standard InChI is InChI=1S/C40H38N8O5/c1-52-40(51)46-35(29-7-3-2-4-8-29)39(50)48-20-6-10-33(48)37-43-22-31(45-37)28-17-13-26(14-18-28)25-11-15-27(16-12-25)30-21-42-36(44-30)32-9-5-19-47(32)38(49)34-23-41-24-53-34/h2-4,7-8,11-18,21-24,32-33,35H,5-6,9-10,19-20H2,1H3,(H,42,44)(H,43,45)(H,46,51)/t32-,33-,35+/m0/s1. The largest absolute Gasteiger partial charge is 0.453 e. The molecular formula is C40H38N8O5. The quantitative estimate of drug-likeness (QED) is 0.147. The third-order valence-electron chi connectivity index (χ3n) is 10.1. The first-order valence-corrected chi connectivity index (χ1v) is 17.7. The molecule has 0 bridgehead atoms. The van der Waals surface area contributed by atoms with Crippen LogP contribution in [0.5, 0.6) is 0 Å². The second kappa shape index (κ2) is 14.6. The fraction of sp³-hybridized carbons (Fsp3) is 0.250. The third kappa shape index (κ3) is 6.80. The lowest BCUT2D eigenvalue weighted by Gasteiger charge is -2.28. The van der Waals surface area contributed by atoms with Crippen molar-refractivity contribution in [2.24, 2.45) is 0 Å². The molecule has 0 radical (unpaired) electrons. The number of aromatic amines is 2. The number of oxazole rings is 1. The van der Waals surface area contributed by atoms with Gasteiger partial charge in [0.1, 0.15) is 17.7 Å². The van der Waals surface area contributed by atoms with E-state index in [0.717, 1.165) is 65.1 Å². The van der Waals surface area contributed by atoms with E-state index in [1.165, 1.54) is 19.7 Å². The van der Waals surface area contributed by atoms with Gasteiger partial charge in [0.25, 0.3) is 11.8 Å².